The molecule has 0 aliphatic carbocycles. The summed E-state index contributed by atoms with van der Waals surface area (Å²) in [7, 11) is 0. The Balaban J connectivity index is 5.18. The molecular formula is C16H33N5O4. The smallest absolute Gasteiger partial charge is 0.321 e. The van der Waals surface area contributed by atoms with Crippen LogP contribution in [0.1, 0.15) is 48.0 Å². The molecule has 0 heterocycles. The van der Waals surface area contributed by atoms with Gasteiger partial charge in [-0.3, -0.25) is 14.4 Å². The van der Waals surface area contributed by atoms with E-state index in [1.165, 1.54) is 0 Å². The number of carboxylic acid groups (broad SMARTS) is 1. The highest BCUT2D eigenvalue weighted by Gasteiger charge is 2.39. The Labute approximate surface area is 149 Å². The zero-order valence-corrected chi connectivity index (χ0v) is 15.9. The van der Waals surface area contributed by atoms with Crippen LogP contribution in [0.25, 0.3) is 0 Å². The maximum Gasteiger partial charge on any atom is 0.321 e. The van der Waals surface area contributed by atoms with E-state index < -0.39 is 53.4 Å². The number of carboxylic acids is 1. The summed E-state index contributed by atoms with van der Waals surface area (Å²) in [6, 6.07) is -2.73. The molecule has 2 amide bonds. The van der Waals surface area contributed by atoms with Crippen molar-refractivity contribution in [3.63, 3.8) is 0 Å². The summed E-state index contributed by atoms with van der Waals surface area (Å²) in [5.41, 5.74) is 16.0. The quantitative estimate of drug-likeness (QED) is 0.302. The van der Waals surface area contributed by atoms with E-state index in [-0.39, 0.29) is 5.92 Å². The lowest BCUT2D eigenvalue weighted by Crippen LogP contribution is -2.69. The molecule has 0 saturated carbocycles. The minimum absolute atomic E-state index is 0.229. The predicted molar refractivity (Wildman–Crippen MR) is 95.5 cm³/mol. The molecule has 146 valence electrons. The zero-order valence-electron chi connectivity index (χ0n) is 15.9. The van der Waals surface area contributed by atoms with Gasteiger partial charge in [0.2, 0.25) is 11.8 Å². The minimum Gasteiger partial charge on any atom is -0.480 e. The highest BCUT2D eigenvalue weighted by Crippen LogP contribution is 2.17. The van der Waals surface area contributed by atoms with Crippen LogP contribution in [-0.2, 0) is 14.4 Å². The summed E-state index contributed by atoms with van der Waals surface area (Å²) >= 11 is 0. The van der Waals surface area contributed by atoms with E-state index in [0.717, 1.165) is 0 Å². The first-order valence-corrected chi connectivity index (χ1v) is 8.23. The average molecular weight is 359 g/mol. The van der Waals surface area contributed by atoms with E-state index in [1.54, 1.807) is 41.5 Å². The van der Waals surface area contributed by atoms with Crippen LogP contribution in [0.4, 0.5) is 0 Å². The fourth-order valence-electron chi connectivity index (χ4n) is 2.62. The molecule has 2 atom stereocenters. The number of hydrogen-bond donors (Lipinski definition) is 6. The van der Waals surface area contributed by atoms with Gasteiger partial charge in [0, 0.05) is 11.1 Å². The second kappa shape index (κ2) is 8.59. The van der Waals surface area contributed by atoms with Gasteiger partial charge in [0.05, 0.1) is 12.5 Å². The van der Waals surface area contributed by atoms with Crippen LogP contribution < -0.4 is 27.8 Å². The van der Waals surface area contributed by atoms with Gasteiger partial charge >= 0.3 is 5.97 Å². The fourth-order valence-corrected chi connectivity index (χ4v) is 2.62. The van der Waals surface area contributed by atoms with Gasteiger partial charge in [0.15, 0.2) is 0 Å². The Morgan fingerprint density at radius 3 is 1.76 bits per heavy atom. The van der Waals surface area contributed by atoms with Crippen molar-refractivity contribution in [2.24, 2.45) is 23.1 Å². The first kappa shape index (κ1) is 23.3. The molecule has 25 heavy (non-hydrogen) atoms. The number of carbonyl (C=O) groups excluding carboxylic acids is 2. The van der Waals surface area contributed by atoms with Crippen molar-refractivity contribution in [2.75, 3.05) is 0 Å². The largest absolute Gasteiger partial charge is 0.480 e. The molecule has 9 heteroatoms. The van der Waals surface area contributed by atoms with Crippen LogP contribution >= 0.6 is 0 Å². The van der Waals surface area contributed by atoms with E-state index in [4.69, 9.17) is 22.3 Å². The van der Waals surface area contributed by atoms with Crippen LogP contribution in [0.2, 0.25) is 0 Å². The van der Waals surface area contributed by atoms with Crippen LogP contribution in [0, 0.1) is 5.92 Å². The molecule has 0 aliphatic rings. The van der Waals surface area contributed by atoms with Gasteiger partial charge in [-0.05, 0) is 33.6 Å². The Bertz CT molecular complexity index is 480. The summed E-state index contributed by atoms with van der Waals surface area (Å²) in [6.45, 7) is 10.5. The van der Waals surface area contributed by atoms with Crippen LogP contribution in [0.15, 0.2) is 0 Å². The lowest BCUT2D eigenvalue weighted by Gasteiger charge is -2.41. The van der Waals surface area contributed by atoms with E-state index in [2.05, 4.69) is 10.6 Å². The van der Waals surface area contributed by atoms with Crippen molar-refractivity contribution < 1.29 is 19.5 Å². The zero-order chi connectivity index (χ0) is 20.2. The molecule has 0 rings (SSSR count). The number of nitrogens with one attached hydrogen (secondary N) is 2. The average Bonchev–Trinajstić information content (AvgIpc) is 2.38. The summed E-state index contributed by atoms with van der Waals surface area (Å²) in [5.74, 6) is -2.56. The maximum atomic E-state index is 12.7. The number of amides is 2. The second-order valence-corrected chi connectivity index (χ2v) is 8.02. The molecule has 2 unspecified atom stereocenters. The molecule has 0 aliphatic heterocycles. The monoisotopic (exact) mass is 359 g/mol. The summed E-state index contributed by atoms with van der Waals surface area (Å²) < 4.78 is 0. The predicted octanol–water partition coefficient (Wildman–Crippen LogP) is -1.11. The lowest BCUT2D eigenvalue weighted by molar-refractivity contribution is -0.140. The van der Waals surface area contributed by atoms with Gasteiger partial charge in [-0.2, -0.15) is 0 Å². The first-order chi connectivity index (χ1) is 11.1. The van der Waals surface area contributed by atoms with E-state index in [1.807, 2.05) is 0 Å². The molecule has 0 aromatic heterocycles. The molecule has 0 fully saturated rings. The Kier molecular flexibility index (Phi) is 8.00. The first-order valence-electron chi connectivity index (χ1n) is 8.23. The highest BCUT2D eigenvalue weighted by atomic mass is 16.4. The van der Waals surface area contributed by atoms with Gasteiger partial charge < -0.3 is 32.9 Å². The SMILES string of the molecule is CC(C)C(NC(=O)CC(N)C(=O)O)C(=O)NC(C(C)(C)N)C(C)(C)N. The molecule has 9 N–H and O–H groups in total. The van der Waals surface area contributed by atoms with Crippen molar-refractivity contribution >= 4 is 17.8 Å². The minimum atomic E-state index is -1.32. The summed E-state index contributed by atoms with van der Waals surface area (Å²) in [5, 5.41) is 14.1. The third-order valence-corrected chi connectivity index (χ3v) is 3.76. The van der Waals surface area contributed by atoms with Crippen molar-refractivity contribution in [3.8, 4) is 0 Å². The van der Waals surface area contributed by atoms with Gasteiger partial charge in [0.1, 0.15) is 12.1 Å². The highest BCUT2D eigenvalue weighted by molar-refractivity contribution is 5.90. The maximum absolute atomic E-state index is 12.7. The number of carbonyl (C=O) groups is 3. The van der Waals surface area contributed by atoms with Gasteiger partial charge in [-0.1, -0.05) is 13.8 Å². The molecule has 0 bridgehead atoms. The van der Waals surface area contributed by atoms with E-state index in [0.29, 0.717) is 0 Å². The standard InChI is InChI=1S/C16H33N5O4/c1-8(2)11(20-10(22)7-9(17)13(24)25)12(23)21-14(15(3,4)18)16(5,6)19/h8-9,11,14H,7,17-19H2,1-6H3,(H,20,22)(H,21,23)(H,24,25). The Morgan fingerprint density at radius 1 is 1.00 bits per heavy atom. The van der Waals surface area contributed by atoms with Crippen LogP contribution in [0.3, 0.4) is 0 Å². The van der Waals surface area contributed by atoms with Crippen LogP contribution in [0.5, 0.6) is 0 Å². The number of hydrogen-bond acceptors (Lipinski definition) is 6. The summed E-state index contributed by atoms with van der Waals surface area (Å²) in [4.78, 5) is 35.4. The molecule has 9 nitrogen and oxygen atoms in total. The third kappa shape index (κ3) is 7.80. The Morgan fingerprint density at radius 2 is 1.44 bits per heavy atom. The molecule has 0 aromatic carbocycles. The Hall–Kier alpha value is -1.71. The lowest BCUT2D eigenvalue weighted by atomic mass is 9.81. The molecule has 0 saturated heterocycles. The summed E-state index contributed by atoms with van der Waals surface area (Å²) in [6.07, 6.45) is -0.417. The normalized spacial score (nSPS) is 15.0. The number of aliphatic carboxylic acids is 1. The van der Waals surface area contributed by atoms with Gasteiger partial charge in [-0.25, -0.2) is 0 Å². The molecule has 0 aromatic rings. The number of nitrogens with two attached hydrogens (primary N) is 3. The molecule has 0 spiro atoms. The number of rotatable bonds is 9. The van der Waals surface area contributed by atoms with Crippen molar-refractivity contribution in [3.05, 3.63) is 0 Å². The van der Waals surface area contributed by atoms with Crippen molar-refractivity contribution in [1.29, 1.82) is 0 Å². The van der Waals surface area contributed by atoms with Gasteiger partial charge in [-0.15, -0.1) is 0 Å². The molecular weight excluding hydrogens is 326 g/mol. The van der Waals surface area contributed by atoms with E-state index >= 15 is 0 Å². The fraction of sp³-hybridized carbons (Fsp3) is 0.812. The van der Waals surface area contributed by atoms with Gasteiger partial charge in [0.25, 0.3) is 0 Å². The third-order valence-electron chi connectivity index (χ3n) is 3.76. The van der Waals surface area contributed by atoms with Crippen molar-refractivity contribution in [2.45, 2.75) is 77.2 Å². The second-order valence-electron chi connectivity index (χ2n) is 8.02. The molecule has 0 radical (unpaired) electrons. The topological polar surface area (TPSA) is 174 Å². The van der Waals surface area contributed by atoms with E-state index in [9.17, 15) is 14.4 Å². The van der Waals surface area contributed by atoms with Crippen molar-refractivity contribution in [1.82, 2.24) is 10.6 Å². The van der Waals surface area contributed by atoms with Crippen LogP contribution in [-0.4, -0.2) is 52.1 Å².